The Labute approximate surface area is 178 Å². The van der Waals surface area contributed by atoms with Crippen LogP contribution < -0.4 is 0 Å². The minimum atomic E-state index is -3.77. The van der Waals surface area contributed by atoms with E-state index in [-0.39, 0.29) is 18.0 Å². The van der Waals surface area contributed by atoms with Gasteiger partial charge in [0.15, 0.2) is 0 Å². The van der Waals surface area contributed by atoms with Crippen LogP contribution in [0.4, 0.5) is 0 Å². The fourth-order valence-electron chi connectivity index (χ4n) is 3.40. The van der Waals surface area contributed by atoms with Gasteiger partial charge in [0, 0.05) is 13.1 Å². The maximum Gasteiger partial charge on any atom is 0.243 e. The summed E-state index contributed by atoms with van der Waals surface area (Å²) in [6.07, 6.45) is 8.03. The molecule has 0 heterocycles. The molecular formula is C23H41NO4S. The first-order valence-corrected chi connectivity index (χ1v) is 12.7. The normalized spacial score (nSPS) is 14.3. The number of aryl methyl sites for hydroxylation is 1. The predicted molar refractivity (Wildman–Crippen MR) is 119 cm³/mol. The molecule has 0 bridgehead atoms. The molecule has 0 aliphatic carbocycles. The molecule has 0 spiro atoms. The zero-order valence-electron chi connectivity index (χ0n) is 18.5. The topological polar surface area (TPSA) is 77.8 Å². The lowest BCUT2D eigenvalue weighted by molar-refractivity contribution is 0.0966. The Kier molecular flexibility index (Phi) is 12.7. The molecule has 1 aromatic rings. The minimum absolute atomic E-state index is 0.0222. The van der Waals surface area contributed by atoms with Crippen LogP contribution in [0, 0.1) is 6.92 Å². The second kappa shape index (κ2) is 14.1. The highest BCUT2D eigenvalue weighted by atomic mass is 32.2. The van der Waals surface area contributed by atoms with E-state index in [1.165, 1.54) is 4.31 Å². The van der Waals surface area contributed by atoms with Gasteiger partial charge in [0.05, 0.1) is 17.1 Å². The molecule has 0 radical (unpaired) electrons. The largest absolute Gasteiger partial charge is 0.392 e. The van der Waals surface area contributed by atoms with Crippen LogP contribution in [0.15, 0.2) is 29.2 Å². The van der Waals surface area contributed by atoms with E-state index in [2.05, 4.69) is 13.8 Å². The fraction of sp³-hybridized carbons (Fsp3) is 0.739. The first-order chi connectivity index (χ1) is 13.8. The Morgan fingerprint density at radius 3 is 1.66 bits per heavy atom. The molecule has 0 amide bonds. The van der Waals surface area contributed by atoms with Gasteiger partial charge in [-0.05, 0) is 31.9 Å². The van der Waals surface area contributed by atoms with E-state index < -0.39 is 22.2 Å². The molecule has 168 valence electrons. The summed E-state index contributed by atoms with van der Waals surface area (Å²) in [7, 11) is -3.77. The summed E-state index contributed by atoms with van der Waals surface area (Å²) >= 11 is 0. The van der Waals surface area contributed by atoms with E-state index >= 15 is 0 Å². The van der Waals surface area contributed by atoms with Crippen LogP contribution in [0.5, 0.6) is 0 Å². The molecule has 0 fully saturated rings. The van der Waals surface area contributed by atoms with Crippen LogP contribution >= 0.6 is 0 Å². The van der Waals surface area contributed by atoms with Gasteiger partial charge in [0.2, 0.25) is 10.0 Å². The molecule has 6 heteroatoms. The van der Waals surface area contributed by atoms with Gasteiger partial charge in [-0.15, -0.1) is 0 Å². The van der Waals surface area contributed by atoms with Gasteiger partial charge in [-0.2, -0.15) is 4.31 Å². The smallest absolute Gasteiger partial charge is 0.243 e. The summed E-state index contributed by atoms with van der Waals surface area (Å²) in [6, 6.07) is 6.73. The van der Waals surface area contributed by atoms with Gasteiger partial charge in [-0.3, -0.25) is 0 Å². The van der Waals surface area contributed by atoms with Gasteiger partial charge in [0.1, 0.15) is 0 Å². The first kappa shape index (κ1) is 26.1. The Hall–Kier alpha value is -0.950. The van der Waals surface area contributed by atoms with Crippen LogP contribution in [0.3, 0.4) is 0 Å². The van der Waals surface area contributed by atoms with E-state index in [4.69, 9.17) is 0 Å². The van der Waals surface area contributed by atoms with E-state index in [0.29, 0.717) is 12.8 Å². The number of rotatable bonds is 16. The van der Waals surface area contributed by atoms with Crippen molar-refractivity contribution in [3.05, 3.63) is 29.8 Å². The highest BCUT2D eigenvalue weighted by Crippen LogP contribution is 2.19. The number of nitrogens with zero attached hydrogens (tertiary/aromatic N) is 1. The van der Waals surface area contributed by atoms with Crippen LogP contribution in [0.25, 0.3) is 0 Å². The summed E-state index contributed by atoms with van der Waals surface area (Å²) in [5.74, 6) is 0. The second-order valence-corrected chi connectivity index (χ2v) is 10.1. The summed E-state index contributed by atoms with van der Waals surface area (Å²) < 4.78 is 27.6. The third-order valence-corrected chi connectivity index (χ3v) is 7.12. The lowest BCUT2D eigenvalue weighted by atomic mass is 10.1. The molecule has 2 N–H and O–H groups in total. The SMILES string of the molecule is CCCCCC[C@@H](O)CN(C[C@@H](O)CCCCCC)S(=O)(=O)c1ccc(C)cc1. The lowest BCUT2D eigenvalue weighted by Crippen LogP contribution is -2.42. The van der Waals surface area contributed by atoms with Crippen molar-refractivity contribution < 1.29 is 18.6 Å². The number of benzene rings is 1. The summed E-state index contributed by atoms with van der Waals surface area (Å²) in [4.78, 5) is 0.208. The zero-order valence-corrected chi connectivity index (χ0v) is 19.3. The Morgan fingerprint density at radius 1 is 0.793 bits per heavy atom. The molecule has 1 aromatic carbocycles. The highest BCUT2D eigenvalue weighted by molar-refractivity contribution is 7.89. The third-order valence-electron chi connectivity index (χ3n) is 5.27. The second-order valence-electron chi connectivity index (χ2n) is 8.14. The van der Waals surface area contributed by atoms with Crippen molar-refractivity contribution in [3.63, 3.8) is 0 Å². The van der Waals surface area contributed by atoms with Gasteiger partial charge in [-0.25, -0.2) is 8.42 Å². The van der Waals surface area contributed by atoms with Crippen LogP contribution in [0.1, 0.15) is 83.6 Å². The van der Waals surface area contributed by atoms with Gasteiger partial charge in [0.25, 0.3) is 0 Å². The minimum Gasteiger partial charge on any atom is -0.392 e. The number of aliphatic hydroxyl groups excluding tert-OH is 2. The average Bonchev–Trinajstić information content (AvgIpc) is 2.68. The number of hydrogen-bond acceptors (Lipinski definition) is 4. The number of sulfonamides is 1. The van der Waals surface area contributed by atoms with Gasteiger partial charge >= 0.3 is 0 Å². The zero-order chi connectivity index (χ0) is 21.7. The molecule has 0 aliphatic rings. The summed E-state index contributed by atoms with van der Waals surface area (Å²) in [6.45, 7) is 6.22. The maximum atomic E-state index is 13.2. The van der Waals surface area contributed by atoms with Gasteiger partial charge < -0.3 is 10.2 Å². The van der Waals surface area contributed by atoms with E-state index in [1.54, 1.807) is 24.3 Å². The molecule has 0 saturated carbocycles. The summed E-state index contributed by atoms with van der Waals surface area (Å²) in [5.41, 5.74) is 0.988. The van der Waals surface area contributed by atoms with E-state index in [1.807, 2.05) is 6.92 Å². The molecule has 1 rings (SSSR count). The Balaban J connectivity index is 2.82. The fourth-order valence-corrected chi connectivity index (χ4v) is 4.91. The predicted octanol–water partition coefficient (Wildman–Crippen LogP) is 4.65. The first-order valence-electron chi connectivity index (χ1n) is 11.2. The maximum absolute atomic E-state index is 13.2. The lowest BCUT2D eigenvalue weighted by Gasteiger charge is -2.27. The average molecular weight is 428 g/mol. The molecule has 0 aliphatic heterocycles. The molecule has 0 saturated heterocycles. The third kappa shape index (κ3) is 10.1. The molecule has 2 atom stereocenters. The van der Waals surface area contributed by atoms with Crippen molar-refractivity contribution in [2.45, 2.75) is 102 Å². The standard InChI is InChI=1S/C23H41NO4S/c1-4-6-8-10-12-21(25)18-24(19-22(26)13-11-9-7-5-2)29(27,28)23-16-14-20(3)15-17-23/h14-17,21-22,25-26H,4-13,18-19H2,1-3H3/t21-,22+. The monoisotopic (exact) mass is 427 g/mol. The van der Waals surface area contributed by atoms with Crippen molar-refractivity contribution >= 4 is 10.0 Å². The van der Waals surface area contributed by atoms with Crippen LogP contribution in [-0.2, 0) is 10.0 Å². The molecule has 5 nitrogen and oxygen atoms in total. The van der Waals surface area contributed by atoms with Crippen molar-refractivity contribution in [3.8, 4) is 0 Å². The van der Waals surface area contributed by atoms with Crippen molar-refractivity contribution in [1.82, 2.24) is 4.31 Å². The Bertz CT molecular complexity index is 625. The van der Waals surface area contributed by atoms with Crippen molar-refractivity contribution in [2.75, 3.05) is 13.1 Å². The van der Waals surface area contributed by atoms with Gasteiger partial charge in [-0.1, -0.05) is 82.9 Å². The quantitative estimate of drug-likeness (QED) is 0.377. The highest BCUT2D eigenvalue weighted by Gasteiger charge is 2.28. The van der Waals surface area contributed by atoms with E-state index in [9.17, 15) is 18.6 Å². The molecule has 29 heavy (non-hydrogen) atoms. The van der Waals surface area contributed by atoms with Crippen molar-refractivity contribution in [2.24, 2.45) is 0 Å². The Morgan fingerprint density at radius 2 is 1.24 bits per heavy atom. The number of unbranched alkanes of at least 4 members (excludes halogenated alkanes) is 6. The van der Waals surface area contributed by atoms with Crippen molar-refractivity contribution in [1.29, 1.82) is 0 Å². The molecule has 0 unspecified atom stereocenters. The van der Waals surface area contributed by atoms with Crippen LogP contribution in [0.2, 0.25) is 0 Å². The molecular weight excluding hydrogens is 386 g/mol. The molecule has 0 aromatic heterocycles. The number of aliphatic hydroxyl groups is 2. The number of hydrogen-bond donors (Lipinski definition) is 2. The summed E-state index contributed by atoms with van der Waals surface area (Å²) in [5, 5.41) is 20.9. The van der Waals surface area contributed by atoms with E-state index in [0.717, 1.165) is 56.9 Å². The van der Waals surface area contributed by atoms with Crippen LogP contribution in [-0.4, -0.2) is 48.2 Å².